The van der Waals surface area contributed by atoms with Gasteiger partial charge in [-0.05, 0) is 25.5 Å². The van der Waals surface area contributed by atoms with Crippen LogP contribution in [0.4, 0.5) is 14.5 Å². The van der Waals surface area contributed by atoms with Gasteiger partial charge in [-0.15, -0.1) is 0 Å². The van der Waals surface area contributed by atoms with E-state index in [1.165, 1.54) is 19.1 Å². The fraction of sp³-hybridized carbons (Fsp3) is 0.300. The number of nitrogens with two attached hydrogens (primary N) is 1. The van der Waals surface area contributed by atoms with Gasteiger partial charge in [-0.3, -0.25) is 4.79 Å². The number of ketones is 1. The molecule has 0 aromatic heterocycles. The van der Waals surface area contributed by atoms with Crippen molar-refractivity contribution in [2.45, 2.75) is 20.5 Å². The Bertz CT molecular complexity index is 391. The first-order valence-electron chi connectivity index (χ1n) is 4.28. The van der Waals surface area contributed by atoms with Crippen LogP contribution < -0.4 is 10.5 Å². The minimum absolute atomic E-state index is 0.0391. The molecule has 0 saturated heterocycles. The van der Waals surface area contributed by atoms with E-state index in [1.807, 2.05) is 0 Å². The van der Waals surface area contributed by atoms with Crippen molar-refractivity contribution in [2.75, 3.05) is 5.73 Å². The Morgan fingerprint density at radius 3 is 2.53 bits per heavy atom. The Morgan fingerprint density at radius 2 is 2.07 bits per heavy atom. The minimum Gasteiger partial charge on any atom is -0.433 e. The molecule has 0 fully saturated rings. The molecule has 0 aliphatic heterocycles. The van der Waals surface area contributed by atoms with Crippen molar-refractivity contribution in [3.8, 4) is 5.75 Å². The Kier molecular flexibility index (Phi) is 3.24. The number of halogens is 2. The number of carbonyl (C=O) groups is 1. The molecule has 15 heavy (non-hydrogen) atoms. The second kappa shape index (κ2) is 4.25. The summed E-state index contributed by atoms with van der Waals surface area (Å²) < 4.78 is 28.1. The molecule has 0 aliphatic rings. The number of carbonyl (C=O) groups excluding carboxylic acids is 1. The number of aryl methyl sites for hydroxylation is 1. The van der Waals surface area contributed by atoms with Gasteiger partial charge in [-0.1, -0.05) is 6.07 Å². The first kappa shape index (κ1) is 11.4. The number of benzene rings is 1. The lowest BCUT2D eigenvalue weighted by Crippen LogP contribution is -2.09. The number of rotatable bonds is 3. The number of hydrogen-bond acceptors (Lipinski definition) is 3. The fourth-order valence-electron chi connectivity index (χ4n) is 1.38. The molecule has 1 aromatic rings. The lowest BCUT2D eigenvalue weighted by Gasteiger charge is -2.12. The zero-order valence-electron chi connectivity index (χ0n) is 8.38. The second-order valence-electron chi connectivity index (χ2n) is 3.10. The van der Waals surface area contributed by atoms with Crippen LogP contribution in [0.2, 0.25) is 0 Å². The van der Waals surface area contributed by atoms with E-state index in [9.17, 15) is 13.6 Å². The van der Waals surface area contributed by atoms with Gasteiger partial charge < -0.3 is 10.5 Å². The van der Waals surface area contributed by atoms with Gasteiger partial charge in [0.05, 0.1) is 5.69 Å². The van der Waals surface area contributed by atoms with Gasteiger partial charge in [0, 0.05) is 5.56 Å². The monoisotopic (exact) mass is 215 g/mol. The summed E-state index contributed by atoms with van der Waals surface area (Å²) in [6.07, 6.45) is 0. The molecule has 82 valence electrons. The number of anilines is 1. The van der Waals surface area contributed by atoms with Crippen molar-refractivity contribution in [3.05, 3.63) is 23.3 Å². The van der Waals surface area contributed by atoms with Crippen molar-refractivity contribution in [2.24, 2.45) is 0 Å². The van der Waals surface area contributed by atoms with Crippen LogP contribution >= 0.6 is 0 Å². The number of nitrogen functional groups attached to an aromatic ring is 1. The van der Waals surface area contributed by atoms with Gasteiger partial charge >= 0.3 is 6.61 Å². The summed E-state index contributed by atoms with van der Waals surface area (Å²) >= 11 is 0. The largest absolute Gasteiger partial charge is 0.433 e. The Hall–Kier alpha value is -1.65. The molecule has 0 heterocycles. The molecular weight excluding hydrogens is 204 g/mol. The van der Waals surface area contributed by atoms with E-state index in [1.54, 1.807) is 6.92 Å². The number of alkyl halides is 2. The Morgan fingerprint density at radius 1 is 1.47 bits per heavy atom. The SMILES string of the molecule is CC(=O)c1c(C)ccc(OC(F)F)c1N. The van der Waals surface area contributed by atoms with Gasteiger partial charge in [0.25, 0.3) is 0 Å². The van der Waals surface area contributed by atoms with Gasteiger partial charge in [-0.2, -0.15) is 8.78 Å². The smallest absolute Gasteiger partial charge is 0.387 e. The maximum atomic E-state index is 12.0. The number of Topliss-reactive ketones (excluding diaryl/α,β-unsaturated/α-hetero) is 1. The fourth-order valence-corrected chi connectivity index (χ4v) is 1.38. The topological polar surface area (TPSA) is 52.3 Å². The normalized spacial score (nSPS) is 10.5. The molecule has 0 radical (unpaired) electrons. The van der Waals surface area contributed by atoms with Crippen LogP contribution in [0.1, 0.15) is 22.8 Å². The summed E-state index contributed by atoms with van der Waals surface area (Å²) in [5.41, 5.74) is 6.39. The predicted octanol–water partition coefficient (Wildman–Crippen LogP) is 2.38. The summed E-state index contributed by atoms with van der Waals surface area (Å²) in [6, 6.07) is 2.84. The third-order valence-electron chi connectivity index (χ3n) is 1.98. The molecule has 0 atom stereocenters. The summed E-state index contributed by atoms with van der Waals surface area (Å²) in [7, 11) is 0. The highest BCUT2D eigenvalue weighted by atomic mass is 19.3. The van der Waals surface area contributed by atoms with Crippen LogP contribution in [0.15, 0.2) is 12.1 Å². The van der Waals surface area contributed by atoms with E-state index >= 15 is 0 Å². The lowest BCUT2D eigenvalue weighted by atomic mass is 10.0. The van der Waals surface area contributed by atoms with Crippen molar-refractivity contribution in [3.63, 3.8) is 0 Å². The average molecular weight is 215 g/mol. The van der Waals surface area contributed by atoms with E-state index < -0.39 is 6.61 Å². The van der Waals surface area contributed by atoms with E-state index in [0.717, 1.165) is 0 Å². The zero-order chi connectivity index (χ0) is 11.6. The average Bonchev–Trinajstić information content (AvgIpc) is 2.09. The molecule has 1 rings (SSSR count). The Balaban J connectivity index is 3.22. The number of ether oxygens (including phenoxy) is 1. The van der Waals surface area contributed by atoms with Gasteiger partial charge in [0.1, 0.15) is 5.75 Å². The molecule has 1 aromatic carbocycles. The van der Waals surface area contributed by atoms with E-state index in [0.29, 0.717) is 5.56 Å². The predicted molar refractivity (Wildman–Crippen MR) is 52.2 cm³/mol. The molecule has 0 bridgehead atoms. The standard InChI is InChI=1S/C10H11F2NO2/c1-5-3-4-7(15-10(11)12)9(13)8(5)6(2)14/h3-4,10H,13H2,1-2H3. The summed E-state index contributed by atoms with van der Waals surface area (Å²) in [6.45, 7) is 0.0548. The quantitative estimate of drug-likeness (QED) is 0.622. The highest BCUT2D eigenvalue weighted by Gasteiger charge is 2.15. The first-order chi connectivity index (χ1) is 6.93. The van der Waals surface area contributed by atoms with Crippen LogP contribution in [-0.2, 0) is 0 Å². The molecule has 5 heteroatoms. The summed E-state index contributed by atoms with van der Waals surface area (Å²) in [5.74, 6) is -0.439. The Labute approximate surface area is 85.8 Å². The molecule has 2 N–H and O–H groups in total. The maximum Gasteiger partial charge on any atom is 0.387 e. The third-order valence-corrected chi connectivity index (χ3v) is 1.98. The van der Waals surface area contributed by atoms with Gasteiger partial charge in [-0.25, -0.2) is 0 Å². The van der Waals surface area contributed by atoms with E-state index in [-0.39, 0.29) is 22.8 Å². The first-order valence-corrected chi connectivity index (χ1v) is 4.28. The minimum atomic E-state index is -2.95. The molecule has 0 aliphatic carbocycles. The molecule has 0 saturated carbocycles. The third kappa shape index (κ3) is 2.43. The second-order valence-corrected chi connectivity index (χ2v) is 3.10. The molecule has 3 nitrogen and oxygen atoms in total. The zero-order valence-corrected chi connectivity index (χ0v) is 8.38. The van der Waals surface area contributed by atoms with Crippen LogP contribution in [0.3, 0.4) is 0 Å². The molecule has 0 unspecified atom stereocenters. The maximum absolute atomic E-state index is 12.0. The van der Waals surface area contributed by atoms with Crippen LogP contribution in [0.25, 0.3) is 0 Å². The van der Waals surface area contributed by atoms with E-state index in [2.05, 4.69) is 4.74 Å². The molecule has 0 spiro atoms. The van der Waals surface area contributed by atoms with Crippen molar-refractivity contribution < 1.29 is 18.3 Å². The molecule has 0 amide bonds. The van der Waals surface area contributed by atoms with Gasteiger partial charge in [0.2, 0.25) is 0 Å². The van der Waals surface area contributed by atoms with Crippen LogP contribution in [-0.4, -0.2) is 12.4 Å². The van der Waals surface area contributed by atoms with Crippen molar-refractivity contribution >= 4 is 11.5 Å². The lowest BCUT2D eigenvalue weighted by molar-refractivity contribution is -0.0493. The number of hydrogen-bond donors (Lipinski definition) is 1. The van der Waals surface area contributed by atoms with Crippen molar-refractivity contribution in [1.29, 1.82) is 0 Å². The van der Waals surface area contributed by atoms with Crippen LogP contribution in [0, 0.1) is 6.92 Å². The highest BCUT2D eigenvalue weighted by Crippen LogP contribution is 2.29. The van der Waals surface area contributed by atoms with Crippen molar-refractivity contribution in [1.82, 2.24) is 0 Å². The van der Waals surface area contributed by atoms with E-state index in [4.69, 9.17) is 5.73 Å². The van der Waals surface area contributed by atoms with Gasteiger partial charge in [0.15, 0.2) is 5.78 Å². The van der Waals surface area contributed by atoms with Crippen LogP contribution in [0.5, 0.6) is 5.75 Å². The summed E-state index contributed by atoms with van der Waals surface area (Å²) in [4.78, 5) is 11.2. The molecular formula is C10H11F2NO2. The highest BCUT2D eigenvalue weighted by molar-refractivity contribution is 6.01. The summed E-state index contributed by atoms with van der Waals surface area (Å²) in [5, 5.41) is 0.